The van der Waals surface area contributed by atoms with Gasteiger partial charge in [0.05, 0.1) is 0 Å². The van der Waals surface area contributed by atoms with E-state index >= 15 is 0 Å². The van der Waals surface area contributed by atoms with Crippen LogP contribution >= 0.6 is 0 Å². The van der Waals surface area contributed by atoms with E-state index in [1.165, 1.54) is 12.8 Å². The van der Waals surface area contributed by atoms with Crippen LogP contribution in [0.4, 0.5) is 0 Å². The van der Waals surface area contributed by atoms with Gasteiger partial charge in [-0.1, -0.05) is 55.4 Å². The molecule has 0 unspecified atom stereocenters. The van der Waals surface area contributed by atoms with Crippen LogP contribution in [0.25, 0.3) is 0 Å². The normalized spacial score (nSPS) is 9.86. The molecule has 0 aromatic heterocycles. The van der Waals surface area contributed by atoms with E-state index in [2.05, 4.69) is 73.4 Å². The van der Waals surface area contributed by atoms with Gasteiger partial charge in [0.15, 0.2) is 0 Å². The average molecular weight is 407 g/mol. The number of hydrogen-bond donors (Lipinski definition) is 6. The predicted octanol–water partition coefficient (Wildman–Crippen LogP) is 2.42. The van der Waals surface area contributed by atoms with Gasteiger partial charge in [0.1, 0.15) is 0 Å². The van der Waals surface area contributed by atoms with Crippen molar-refractivity contribution in [2.45, 2.75) is 80.3 Å². The summed E-state index contributed by atoms with van der Waals surface area (Å²) in [5.74, 6) is 0. The quantitative estimate of drug-likeness (QED) is 0.235. The first-order valence-corrected chi connectivity index (χ1v) is 11.6. The lowest BCUT2D eigenvalue weighted by Gasteiger charge is -2.10. The smallest absolute Gasteiger partial charge is 0.00791 e. The Kier molecular flexibility index (Phi) is 47.2. The largest absolute Gasteiger partial charge is 0.320 e. The van der Waals surface area contributed by atoms with Crippen LogP contribution in [0.3, 0.4) is 0 Å². The highest BCUT2D eigenvalue weighted by Gasteiger charge is 1.92. The van der Waals surface area contributed by atoms with Crippen LogP contribution < -0.4 is 31.9 Å². The maximum Gasteiger partial charge on any atom is 0.00791 e. The first kappa shape index (κ1) is 35.2. The minimum Gasteiger partial charge on any atom is -0.320 e. The van der Waals surface area contributed by atoms with Crippen molar-refractivity contribution in [3.05, 3.63) is 0 Å². The monoisotopic (exact) mass is 406 g/mol. The van der Waals surface area contributed by atoms with E-state index in [4.69, 9.17) is 0 Å². The summed E-state index contributed by atoms with van der Waals surface area (Å²) in [5.41, 5.74) is 0. The van der Waals surface area contributed by atoms with Crippen LogP contribution in [0.2, 0.25) is 0 Å². The lowest BCUT2D eigenvalue weighted by atomic mass is 10.3. The van der Waals surface area contributed by atoms with Crippen LogP contribution in [-0.4, -0.2) is 78.5 Å². The molecular weight excluding hydrogens is 348 g/mol. The van der Waals surface area contributed by atoms with Crippen molar-refractivity contribution >= 4 is 0 Å². The average Bonchev–Trinajstić information content (AvgIpc) is 2.68. The molecule has 0 spiro atoms. The van der Waals surface area contributed by atoms with E-state index in [1.54, 1.807) is 0 Å². The van der Waals surface area contributed by atoms with E-state index in [0.717, 1.165) is 52.4 Å². The Labute approximate surface area is 179 Å². The van der Waals surface area contributed by atoms with Crippen molar-refractivity contribution in [2.24, 2.45) is 0 Å². The molecule has 0 aliphatic carbocycles. The molecule has 0 aromatic rings. The van der Waals surface area contributed by atoms with E-state index in [1.807, 2.05) is 27.9 Å². The Morgan fingerprint density at radius 3 is 1.11 bits per heavy atom. The summed E-state index contributed by atoms with van der Waals surface area (Å²) in [7, 11) is 3.94. The lowest BCUT2D eigenvalue weighted by Crippen LogP contribution is -2.34. The zero-order chi connectivity index (χ0) is 22.5. The standard InChI is InChI=1S/C8H20N2.C7H18N2.C5H14N2.C2H6/c1-7(2)9-5-6-10-8(3)4;1-3-8-6-5-7-9-4-2;1-6-4-3-5-7-2;1-2/h7-10H,5-6H2,1-4H3;8-9H,3-7H2,1-2H3;6-7H,3-5H2,1-2H3;1-2H3. The van der Waals surface area contributed by atoms with Gasteiger partial charge in [-0.2, -0.15) is 0 Å². The van der Waals surface area contributed by atoms with Crippen molar-refractivity contribution in [2.75, 3.05) is 66.5 Å². The Morgan fingerprint density at radius 2 is 0.857 bits per heavy atom. The fraction of sp³-hybridized carbons (Fsp3) is 1.00. The molecule has 0 rings (SSSR count). The van der Waals surface area contributed by atoms with E-state index in [9.17, 15) is 0 Å². The summed E-state index contributed by atoms with van der Waals surface area (Å²) in [6, 6.07) is 1.21. The second kappa shape index (κ2) is 37.5. The van der Waals surface area contributed by atoms with E-state index in [-0.39, 0.29) is 0 Å². The zero-order valence-corrected chi connectivity index (χ0v) is 21.2. The highest BCUT2D eigenvalue weighted by Crippen LogP contribution is 1.76. The molecule has 0 aliphatic heterocycles. The summed E-state index contributed by atoms with van der Waals surface area (Å²) in [6.07, 6.45) is 2.45. The second-order valence-corrected chi connectivity index (χ2v) is 6.84. The molecule has 0 saturated carbocycles. The van der Waals surface area contributed by atoms with E-state index < -0.39 is 0 Å². The Morgan fingerprint density at radius 1 is 0.536 bits per heavy atom. The molecule has 0 aromatic carbocycles. The molecule has 0 heterocycles. The number of hydrogen-bond acceptors (Lipinski definition) is 6. The molecule has 0 bridgehead atoms. The highest BCUT2D eigenvalue weighted by atomic mass is 15.0. The Hall–Kier alpha value is -0.240. The molecule has 0 saturated heterocycles. The molecule has 0 atom stereocenters. The molecule has 0 aliphatic rings. The third-order valence-electron chi connectivity index (χ3n) is 3.29. The molecule has 0 amide bonds. The van der Waals surface area contributed by atoms with Crippen molar-refractivity contribution < 1.29 is 0 Å². The maximum absolute atomic E-state index is 3.34. The maximum atomic E-state index is 3.34. The first-order chi connectivity index (χ1) is 13.5. The number of nitrogens with one attached hydrogen (secondary N) is 6. The summed E-state index contributed by atoms with van der Waals surface area (Å²) >= 11 is 0. The van der Waals surface area contributed by atoms with Gasteiger partial charge in [-0.05, 0) is 66.2 Å². The Bertz CT molecular complexity index is 193. The SMILES string of the molecule is CC.CC(C)NCCNC(C)C.CCNCCCNCC.CNCCCNC. The number of rotatable bonds is 15. The van der Waals surface area contributed by atoms with Gasteiger partial charge in [-0.3, -0.25) is 0 Å². The molecule has 6 nitrogen and oxygen atoms in total. The molecule has 0 radical (unpaired) electrons. The zero-order valence-electron chi connectivity index (χ0n) is 21.2. The van der Waals surface area contributed by atoms with E-state index in [0.29, 0.717) is 12.1 Å². The molecular formula is C22H58N6. The summed E-state index contributed by atoms with van der Waals surface area (Å²) in [6.45, 7) is 25.7. The molecule has 6 N–H and O–H groups in total. The lowest BCUT2D eigenvalue weighted by molar-refractivity contribution is 0.525. The van der Waals surface area contributed by atoms with Crippen molar-refractivity contribution in [1.29, 1.82) is 0 Å². The fourth-order valence-electron chi connectivity index (χ4n) is 1.86. The third kappa shape index (κ3) is 56.2. The van der Waals surface area contributed by atoms with Gasteiger partial charge >= 0.3 is 0 Å². The minimum absolute atomic E-state index is 0.606. The van der Waals surface area contributed by atoms with Crippen LogP contribution in [0, 0.1) is 0 Å². The van der Waals surface area contributed by atoms with Gasteiger partial charge in [-0.25, -0.2) is 0 Å². The van der Waals surface area contributed by atoms with Gasteiger partial charge in [0.2, 0.25) is 0 Å². The van der Waals surface area contributed by atoms with Gasteiger partial charge < -0.3 is 31.9 Å². The van der Waals surface area contributed by atoms with Gasteiger partial charge in [0, 0.05) is 25.2 Å². The molecule has 28 heavy (non-hydrogen) atoms. The Balaban J connectivity index is -0.000000149. The molecule has 176 valence electrons. The van der Waals surface area contributed by atoms with Crippen LogP contribution in [0.15, 0.2) is 0 Å². The highest BCUT2D eigenvalue weighted by molar-refractivity contribution is 4.57. The summed E-state index contributed by atoms with van der Waals surface area (Å²) < 4.78 is 0. The fourth-order valence-corrected chi connectivity index (χ4v) is 1.86. The van der Waals surface area contributed by atoms with Gasteiger partial charge in [-0.15, -0.1) is 0 Å². The topological polar surface area (TPSA) is 72.2 Å². The van der Waals surface area contributed by atoms with Crippen LogP contribution in [0.5, 0.6) is 0 Å². The van der Waals surface area contributed by atoms with Crippen molar-refractivity contribution in [1.82, 2.24) is 31.9 Å². The predicted molar refractivity (Wildman–Crippen MR) is 132 cm³/mol. The third-order valence-corrected chi connectivity index (χ3v) is 3.29. The minimum atomic E-state index is 0.606. The van der Waals surface area contributed by atoms with Crippen molar-refractivity contribution in [3.8, 4) is 0 Å². The summed E-state index contributed by atoms with van der Waals surface area (Å²) in [5, 5.41) is 19.3. The second-order valence-electron chi connectivity index (χ2n) is 6.84. The summed E-state index contributed by atoms with van der Waals surface area (Å²) in [4.78, 5) is 0. The van der Waals surface area contributed by atoms with Crippen LogP contribution in [0.1, 0.15) is 68.2 Å². The molecule has 6 heteroatoms. The molecule has 0 fully saturated rings. The van der Waals surface area contributed by atoms with Crippen molar-refractivity contribution in [3.63, 3.8) is 0 Å². The van der Waals surface area contributed by atoms with Crippen LogP contribution in [-0.2, 0) is 0 Å². The van der Waals surface area contributed by atoms with Gasteiger partial charge in [0.25, 0.3) is 0 Å². The first-order valence-electron chi connectivity index (χ1n) is 11.6.